The van der Waals surface area contributed by atoms with Gasteiger partial charge in [0, 0.05) is 30.8 Å². The van der Waals surface area contributed by atoms with E-state index < -0.39 is 0 Å². The Morgan fingerprint density at radius 3 is 2.96 bits per heavy atom. The van der Waals surface area contributed by atoms with E-state index in [0.29, 0.717) is 30.7 Å². The van der Waals surface area contributed by atoms with Crippen LogP contribution in [-0.2, 0) is 19.3 Å². The Morgan fingerprint density at radius 1 is 1.11 bits per heavy atom. The van der Waals surface area contributed by atoms with Crippen molar-refractivity contribution in [1.82, 2.24) is 24.6 Å². The third-order valence-corrected chi connectivity index (χ3v) is 4.89. The second-order valence-corrected chi connectivity index (χ2v) is 6.43. The lowest BCUT2D eigenvalue weighted by atomic mass is 10.00. The molecule has 0 fully saturated rings. The van der Waals surface area contributed by atoms with Crippen LogP contribution in [0.25, 0.3) is 16.9 Å². The highest BCUT2D eigenvalue weighted by atomic mass is 19.1. The maximum Gasteiger partial charge on any atom is 0.173 e. The Bertz CT molecular complexity index is 1130. The van der Waals surface area contributed by atoms with Crippen LogP contribution in [0.3, 0.4) is 0 Å². The second kappa shape index (κ2) is 6.42. The van der Waals surface area contributed by atoms with E-state index in [9.17, 15) is 4.39 Å². The number of hydrogen-bond acceptors (Lipinski definition) is 5. The van der Waals surface area contributed by atoms with Crippen molar-refractivity contribution in [1.29, 1.82) is 0 Å². The number of aryl methyl sites for hydroxylation is 1. The fourth-order valence-electron chi connectivity index (χ4n) is 3.58. The Labute approximate surface area is 154 Å². The quantitative estimate of drug-likeness (QED) is 0.559. The highest BCUT2D eigenvalue weighted by Crippen LogP contribution is 2.31. The van der Waals surface area contributed by atoms with Crippen molar-refractivity contribution in [2.24, 2.45) is 0 Å². The van der Waals surface area contributed by atoms with Gasteiger partial charge in [0.25, 0.3) is 0 Å². The van der Waals surface area contributed by atoms with E-state index in [1.807, 2.05) is 22.6 Å². The Hall–Kier alpha value is -3.35. The van der Waals surface area contributed by atoms with Crippen molar-refractivity contribution in [3.05, 3.63) is 71.8 Å². The van der Waals surface area contributed by atoms with Gasteiger partial charge in [0.2, 0.25) is 0 Å². The van der Waals surface area contributed by atoms with Crippen LogP contribution >= 0.6 is 0 Å². The molecule has 0 saturated heterocycles. The first kappa shape index (κ1) is 15.9. The van der Waals surface area contributed by atoms with E-state index in [-0.39, 0.29) is 5.82 Å². The highest BCUT2D eigenvalue weighted by molar-refractivity contribution is 5.73. The molecule has 3 aromatic heterocycles. The zero-order chi connectivity index (χ0) is 18.2. The van der Waals surface area contributed by atoms with E-state index in [0.717, 1.165) is 34.8 Å². The second-order valence-electron chi connectivity index (χ2n) is 6.43. The molecule has 0 aliphatic carbocycles. The number of hydrogen-bond donors (Lipinski definition) is 0. The molecule has 134 valence electrons. The molecule has 1 aliphatic heterocycles. The minimum atomic E-state index is -0.190. The lowest BCUT2D eigenvalue weighted by molar-refractivity contribution is 0.356. The Morgan fingerprint density at radius 2 is 2.07 bits per heavy atom. The standard InChI is InChI=1S/C20H16FN5O/c21-16-5-6-18-14(8-10-27-18)13(16)4-7-19-23-11-15(17-3-1-2-9-22-17)20-25-24-12-26(19)20/h1-3,5-6,9,11-12H,4,7-8,10H2. The summed E-state index contributed by atoms with van der Waals surface area (Å²) in [6.45, 7) is 0.610. The molecule has 5 rings (SSSR count). The summed E-state index contributed by atoms with van der Waals surface area (Å²) in [6, 6.07) is 8.88. The summed E-state index contributed by atoms with van der Waals surface area (Å²) >= 11 is 0. The van der Waals surface area contributed by atoms with Crippen LogP contribution in [0.5, 0.6) is 5.75 Å². The number of halogens is 1. The molecule has 0 atom stereocenters. The van der Waals surface area contributed by atoms with Gasteiger partial charge in [0.15, 0.2) is 5.65 Å². The molecule has 0 radical (unpaired) electrons. The number of fused-ring (bicyclic) bond motifs is 2. The van der Waals surface area contributed by atoms with Gasteiger partial charge in [-0.25, -0.2) is 9.37 Å². The SMILES string of the molecule is Fc1ccc2c(c1CCc1ncc(-c3ccccn3)c3nncn13)CCO2. The van der Waals surface area contributed by atoms with E-state index in [1.54, 1.807) is 24.8 Å². The van der Waals surface area contributed by atoms with Gasteiger partial charge in [-0.2, -0.15) is 0 Å². The summed E-state index contributed by atoms with van der Waals surface area (Å²) in [4.78, 5) is 8.95. The Balaban J connectivity index is 1.49. The van der Waals surface area contributed by atoms with Crippen molar-refractivity contribution in [2.45, 2.75) is 19.3 Å². The summed E-state index contributed by atoms with van der Waals surface area (Å²) in [5.41, 5.74) is 3.98. The number of aromatic nitrogens is 5. The molecular formula is C20H16FN5O. The van der Waals surface area contributed by atoms with Crippen LogP contribution in [0.1, 0.15) is 17.0 Å². The maximum atomic E-state index is 14.4. The first-order valence-electron chi connectivity index (χ1n) is 8.83. The van der Waals surface area contributed by atoms with Crippen LogP contribution < -0.4 is 4.74 Å². The zero-order valence-electron chi connectivity index (χ0n) is 14.5. The molecular weight excluding hydrogens is 345 g/mol. The van der Waals surface area contributed by atoms with Gasteiger partial charge in [0.05, 0.1) is 17.9 Å². The third-order valence-electron chi connectivity index (χ3n) is 4.89. The number of pyridine rings is 1. The molecule has 0 saturated carbocycles. The normalized spacial score (nSPS) is 12.9. The predicted octanol–water partition coefficient (Wildman–Crippen LogP) is 3.05. The monoisotopic (exact) mass is 361 g/mol. The number of benzene rings is 1. The summed E-state index contributed by atoms with van der Waals surface area (Å²) in [5.74, 6) is 1.38. The molecule has 0 spiro atoms. The molecule has 0 N–H and O–H groups in total. The van der Waals surface area contributed by atoms with Gasteiger partial charge in [-0.15, -0.1) is 10.2 Å². The average molecular weight is 361 g/mol. The largest absolute Gasteiger partial charge is 0.493 e. The minimum Gasteiger partial charge on any atom is -0.493 e. The smallest absolute Gasteiger partial charge is 0.173 e. The lowest BCUT2D eigenvalue weighted by Crippen LogP contribution is -2.06. The predicted molar refractivity (Wildman–Crippen MR) is 97.0 cm³/mol. The van der Waals surface area contributed by atoms with E-state index >= 15 is 0 Å². The van der Waals surface area contributed by atoms with Gasteiger partial charge in [-0.3, -0.25) is 9.38 Å². The molecule has 4 heterocycles. The first-order valence-corrected chi connectivity index (χ1v) is 8.83. The van der Waals surface area contributed by atoms with Crippen molar-refractivity contribution >= 4 is 5.65 Å². The molecule has 1 aromatic carbocycles. The summed E-state index contributed by atoms with van der Waals surface area (Å²) in [7, 11) is 0. The molecule has 27 heavy (non-hydrogen) atoms. The van der Waals surface area contributed by atoms with E-state index in [1.165, 1.54) is 6.07 Å². The minimum absolute atomic E-state index is 0.190. The fourth-order valence-corrected chi connectivity index (χ4v) is 3.58. The molecule has 6 nitrogen and oxygen atoms in total. The average Bonchev–Trinajstić information content (AvgIpc) is 3.37. The van der Waals surface area contributed by atoms with Crippen LogP contribution in [0.15, 0.2) is 49.1 Å². The topological polar surface area (TPSA) is 65.2 Å². The van der Waals surface area contributed by atoms with Gasteiger partial charge >= 0.3 is 0 Å². The summed E-state index contributed by atoms with van der Waals surface area (Å²) < 4.78 is 21.8. The van der Waals surface area contributed by atoms with Crippen molar-refractivity contribution < 1.29 is 9.13 Å². The van der Waals surface area contributed by atoms with Gasteiger partial charge < -0.3 is 4.74 Å². The molecule has 0 amide bonds. The van der Waals surface area contributed by atoms with Crippen LogP contribution in [0.2, 0.25) is 0 Å². The van der Waals surface area contributed by atoms with Crippen molar-refractivity contribution in [2.75, 3.05) is 6.61 Å². The zero-order valence-corrected chi connectivity index (χ0v) is 14.5. The highest BCUT2D eigenvalue weighted by Gasteiger charge is 2.20. The van der Waals surface area contributed by atoms with E-state index in [2.05, 4.69) is 20.2 Å². The van der Waals surface area contributed by atoms with Crippen LogP contribution in [0.4, 0.5) is 4.39 Å². The van der Waals surface area contributed by atoms with E-state index in [4.69, 9.17) is 4.74 Å². The summed E-state index contributed by atoms with van der Waals surface area (Å²) in [6.07, 6.45) is 7.00. The summed E-state index contributed by atoms with van der Waals surface area (Å²) in [5, 5.41) is 8.25. The molecule has 4 aromatic rings. The molecule has 1 aliphatic rings. The first-order chi connectivity index (χ1) is 13.3. The molecule has 0 bridgehead atoms. The van der Waals surface area contributed by atoms with Gasteiger partial charge in [-0.05, 0) is 36.2 Å². The fraction of sp³-hybridized carbons (Fsp3) is 0.200. The van der Waals surface area contributed by atoms with Crippen molar-refractivity contribution in [3.63, 3.8) is 0 Å². The van der Waals surface area contributed by atoms with Crippen LogP contribution in [0, 0.1) is 5.82 Å². The lowest BCUT2D eigenvalue weighted by Gasteiger charge is -2.10. The van der Waals surface area contributed by atoms with Crippen LogP contribution in [-0.4, -0.2) is 31.2 Å². The number of rotatable bonds is 4. The third kappa shape index (κ3) is 2.71. The molecule has 7 heteroatoms. The number of ether oxygens (including phenoxy) is 1. The Kier molecular flexibility index (Phi) is 3.78. The molecule has 0 unspecified atom stereocenters. The maximum absolute atomic E-state index is 14.4. The van der Waals surface area contributed by atoms with Gasteiger partial charge in [0.1, 0.15) is 23.7 Å². The van der Waals surface area contributed by atoms with Crippen molar-refractivity contribution in [3.8, 4) is 17.0 Å². The van der Waals surface area contributed by atoms with Gasteiger partial charge in [-0.1, -0.05) is 6.07 Å². The number of nitrogens with zero attached hydrogens (tertiary/aromatic N) is 5.